The molecule has 3 rings (SSSR count). The first-order valence-corrected chi connectivity index (χ1v) is 8.04. The van der Waals surface area contributed by atoms with Crippen molar-refractivity contribution in [3.05, 3.63) is 65.4 Å². The van der Waals surface area contributed by atoms with Crippen LogP contribution in [0.2, 0.25) is 0 Å². The van der Waals surface area contributed by atoms with Crippen molar-refractivity contribution in [1.29, 1.82) is 0 Å². The van der Waals surface area contributed by atoms with Gasteiger partial charge in [-0.15, -0.1) is 5.10 Å². The van der Waals surface area contributed by atoms with Gasteiger partial charge in [-0.05, 0) is 61.2 Å². The van der Waals surface area contributed by atoms with E-state index in [2.05, 4.69) is 70.9 Å². The highest BCUT2D eigenvalue weighted by Crippen LogP contribution is 2.19. The molecule has 2 aromatic carbocycles. The summed E-state index contributed by atoms with van der Waals surface area (Å²) >= 11 is 0. The fourth-order valence-electron chi connectivity index (χ4n) is 2.34. The normalized spacial score (nSPS) is 10.5. The van der Waals surface area contributed by atoms with Gasteiger partial charge in [0.1, 0.15) is 0 Å². The van der Waals surface area contributed by atoms with Crippen molar-refractivity contribution in [2.75, 3.05) is 10.6 Å². The van der Waals surface area contributed by atoms with Crippen molar-refractivity contribution < 1.29 is 0 Å². The zero-order valence-corrected chi connectivity index (χ0v) is 14.2. The first-order chi connectivity index (χ1) is 11.6. The van der Waals surface area contributed by atoms with Gasteiger partial charge in [0.2, 0.25) is 5.95 Å². The Balaban J connectivity index is 1.74. The molecule has 0 aliphatic rings. The number of hydrogen-bond donors (Lipinski definition) is 2. The van der Waals surface area contributed by atoms with Crippen LogP contribution in [0.3, 0.4) is 0 Å². The second kappa shape index (κ2) is 7.08. The molecule has 1 aromatic heterocycles. The van der Waals surface area contributed by atoms with Gasteiger partial charge in [-0.2, -0.15) is 10.1 Å². The van der Waals surface area contributed by atoms with Crippen LogP contribution in [0.1, 0.15) is 23.6 Å². The Labute approximate surface area is 142 Å². The molecule has 0 atom stereocenters. The monoisotopic (exact) mass is 319 g/mol. The molecule has 5 heteroatoms. The van der Waals surface area contributed by atoms with Crippen molar-refractivity contribution in [3.63, 3.8) is 0 Å². The lowest BCUT2D eigenvalue weighted by atomic mass is 10.1. The summed E-state index contributed by atoms with van der Waals surface area (Å²) in [4.78, 5) is 4.46. The quantitative estimate of drug-likeness (QED) is 0.723. The van der Waals surface area contributed by atoms with Crippen LogP contribution in [0.25, 0.3) is 0 Å². The minimum absolute atomic E-state index is 0.466. The van der Waals surface area contributed by atoms with E-state index >= 15 is 0 Å². The van der Waals surface area contributed by atoms with E-state index in [1.807, 2.05) is 18.2 Å². The maximum atomic E-state index is 4.46. The van der Waals surface area contributed by atoms with E-state index < -0.39 is 0 Å². The summed E-state index contributed by atoms with van der Waals surface area (Å²) < 4.78 is 0. The molecule has 0 fully saturated rings. The lowest BCUT2D eigenvalue weighted by Crippen LogP contribution is -2.02. The molecule has 0 unspecified atom stereocenters. The fourth-order valence-corrected chi connectivity index (χ4v) is 2.34. The van der Waals surface area contributed by atoms with Crippen molar-refractivity contribution in [3.8, 4) is 0 Å². The largest absolute Gasteiger partial charge is 0.339 e. The lowest BCUT2D eigenvalue weighted by molar-refractivity contribution is 0.982. The van der Waals surface area contributed by atoms with Gasteiger partial charge < -0.3 is 10.6 Å². The van der Waals surface area contributed by atoms with Crippen molar-refractivity contribution in [2.45, 2.75) is 27.2 Å². The highest BCUT2D eigenvalue weighted by Gasteiger charge is 2.03. The summed E-state index contributed by atoms with van der Waals surface area (Å²) in [5, 5.41) is 14.5. The second-order valence-corrected chi connectivity index (χ2v) is 5.76. The maximum Gasteiger partial charge on any atom is 0.249 e. The molecular formula is C19H21N5. The van der Waals surface area contributed by atoms with Gasteiger partial charge in [-0.25, -0.2) is 0 Å². The number of anilines is 4. The van der Waals surface area contributed by atoms with Crippen LogP contribution >= 0.6 is 0 Å². The molecule has 0 aliphatic heterocycles. The standard InChI is InChI=1S/C19H21N5/c1-4-15-6-9-16(10-7-15)22-19-23-18(12-20-24-19)21-17-8-5-13(2)14(3)11-17/h5-12H,4H2,1-3H3,(H2,21,22,23,24). The predicted octanol–water partition coefficient (Wildman–Crippen LogP) is 4.54. The summed E-state index contributed by atoms with van der Waals surface area (Å²) in [6.07, 6.45) is 2.63. The number of aromatic nitrogens is 3. The van der Waals surface area contributed by atoms with E-state index in [4.69, 9.17) is 0 Å². The Morgan fingerprint density at radius 3 is 2.33 bits per heavy atom. The summed E-state index contributed by atoms with van der Waals surface area (Å²) in [6, 6.07) is 14.4. The molecule has 1 heterocycles. The van der Waals surface area contributed by atoms with Crippen LogP contribution in [0, 0.1) is 13.8 Å². The van der Waals surface area contributed by atoms with Crippen LogP contribution in [0.15, 0.2) is 48.7 Å². The lowest BCUT2D eigenvalue weighted by Gasteiger charge is -2.09. The second-order valence-electron chi connectivity index (χ2n) is 5.76. The number of rotatable bonds is 5. The van der Waals surface area contributed by atoms with Crippen molar-refractivity contribution >= 4 is 23.1 Å². The first-order valence-electron chi connectivity index (χ1n) is 8.04. The van der Waals surface area contributed by atoms with Gasteiger partial charge in [0.05, 0.1) is 6.20 Å². The summed E-state index contributed by atoms with van der Waals surface area (Å²) in [7, 11) is 0. The molecule has 0 spiro atoms. The minimum atomic E-state index is 0.466. The predicted molar refractivity (Wildman–Crippen MR) is 98.1 cm³/mol. The fraction of sp³-hybridized carbons (Fsp3) is 0.211. The molecule has 3 aromatic rings. The number of nitrogens with zero attached hydrogens (tertiary/aromatic N) is 3. The average Bonchev–Trinajstić information content (AvgIpc) is 2.59. The van der Waals surface area contributed by atoms with E-state index in [1.165, 1.54) is 16.7 Å². The number of nitrogens with one attached hydrogen (secondary N) is 2. The molecule has 5 nitrogen and oxygen atoms in total. The molecule has 0 radical (unpaired) electrons. The third-order valence-electron chi connectivity index (χ3n) is 3.96. The number of aryl methyl sites for hydroxylation is 3. The highest BCUT2D eigenvalue weighted by molar-refractivity contribution is 5.59. The van der Waals surface area contributed by atoms with E-state index in [9.17, 15) is 0 Å². The van der Waals surface area contributed by atoms with Gasteiger partial charge >= 0.3 is 0 Å². The van der Waals surface area contributed by atoms with Crippen molar-refractivity contribution in [1.82, 2.24) is 15.2 Å². The minimum Gasteiger partial charge on any atom is -0.339 e. The van der Waals surface area contributed by atoms with Crippen LogP contribution in [-0.2, 0) is 6.42 Å². The Hall–Kier alpha value is -2.95. The summed E-state index contributed by atoms with van der Waals surface area (Å²) in [5.41, 5.74) is 5.72. The zero-order valence-electron chi connectivity index (χ0n) is 14.2. The molecule has 0 saturated carbocycles. The Kier molecular flexibility index (Phi) is 4.70. The molecule has 0 bridgehead atoms. The Morgan fingerprint density at radius 1 is 0.875 bits per heavy atom. The third-order valence-corrected chi connectivity index (χ3v) is 3.96. The molecule has 0 saturated heterocycles. The number of benzene rings is 2. The Morgan fingerprint density at radius 2 is 1.62 bits per heavy atom. The van der Waals surface area contributed by atoms with E-state index in [0.29, 0.717) is 11.8 Å². The molecule has 24 heavy (non-hydrogen) atoms. The topological polar surface area (TPSA) is 62.7 Å². The molecular weight excluding hydrogens is 298 g/mol. The maximum absolute atomic E-state index is 4.46. The van der Waals surface area contributed by atoms with Gasteiger partial charge in [0, 0.05) is 11.4 Å². The smallest absolute Gasteiger partial charge is 0.249 e. The summed E-state index contributed by atoms with van der Waals surface area (Å²) in [5.74, 6) is 1.12. The van der Waals surface area contributed by atoms with Crippen LogP contribution in [-0.4, -0.2) is 15.2 Å². The zero-order chi connectivity index (χ0) is 16.9. The third kappa shape index (κ3) is 3.87. The first kappa shape index (κ1) is 15.9. The molecule has 2 N–H and O–H groups in total. The molecule has 0 amide bonds. The molecule has 0 aliphatic carbocycles. The summed E-state index contributed by atoms with van der Waals surface area (Å²) in [6.45, 7) is 6.32. The van der Waals surface area contributed by atoms with E-state index in [1.54, 1.807) is 6.20 Å². The van der Waals surface area contributed by atoms with E-state index in [-0.39, 0.29) is 0 Å². The van der Waals surface area contributed by atoms with Gasteiger partial charge in [0.15, 0.2) is 5.82 Å². The van der Waals surface area contributed by atoms with Gasteiger partial charge in [0.25, 0.3) is 0 Å². The average molecular weight is 319 g/mol. The van der Waals surface area contributed by atoms with E-state index in [0.717, 1.165) is 17.8 Å². The SMILES string of the molecule is CCc1ccc(Nc2nncc(Nc3ccc(C)c(C)c3)n2)cc1. The van der Waals surface area contributed by atoms with Crippen LogP contribution in [0.5, 0.6) is 0 Å². The van der Waals surface area contributed by atoms with Gasteiger partial charge in [-0.1, -0.05) is 25.1 Å². The van der Waals surface area contributed by atoms with Gasteiger partial charge in [-0.3, -0.25) is 0 Å². The highest BCUT2D eigenvalue weighted by atomic mass is 15.3. The van der Waals surface area contributed by atoms with Crippen molar-refractivity contribution in [2.24, 2.45) is 0 Å². The Bertz CT molecular complexity index is 827. The van der Waals surface area contributed by atoms with Crippen LogP contribution in [0.4, 0.5) is 23.1 Å². The molecule has 122 valence electrons. The number of hydrogen-bond acceptors (Lipinski definition) is 5. The van der Waals surface area contributed by atoms with Crippen LogP contribution < -0.4 is 10.6 Å².